The fraction of sp³-hybridized carbons (Fsp3) is 0.600. The Morgan fingerprint density at radius 3 is 2.54 bits per heavy atom. The van der Waals surface area contributed by atoms with Crippen molar-refractivity contribution in [1.82, 2.24) is 5.32 Å². The van der Waals surface area contributed by atoms with E-state index in [9.17, 15) is 4.39 Å². The first kappa shape index (κ1) is 12.5. The Bertz CT molecular complexity index is 203. The molecule has 0 aromatic carbocycles. The minimum absolute atomic E-state index is 0.174. The van der Waals surface area contributed by atoms with Crippen molar-refractivity contribution >= 4 is 11.6 Å². The molecule has 0 aliphatic heterocycles. The highest BCUT2D eigenvalue weighted by Crippen LogP contribution is 2.13. The van der Waals surface area contributed by atoms with Crippen molar-refractivity contribution in [1.29, 1.82) is 0 Å². The Morgan fingerprint density at radius 2 is 2.15 bits per heavy atom. The van der Waals surface area contributed by atoms with Gasteiger partial charge in [-0.3, -0.25) is 0 Å². The van der Waals surface area contributed by atoms with Gasteiger partial charge in [-0.05, 0) is 31.4 Å². The second kappa shape index (κ2) is 6.96. The van der Waals surface area contributed by atoms with Gasteiger partial charge < -0.3 is 5.32 Å². The van der Waals surface area contributed by atoms with Gasteiger partial charge in [0.25, 0.3) is 0 Å². The van der Waals surface area contributed by atoms with Crippen LogP contribution in [0.25, 0.3) is 0 Å². The SMILES string of the molecule is CC/C(=C\C(F)=C(\C)CCCl)NC. The summed E-state index contributed by atoms with van der Waals surface area (Å²) in [7, 11) is 1.79. The van der Waals surface area contributed by atoms with Crippen molar-refractivity contribution in [3.8, 4) is 0 Å². The molecular weight excluding hydrogens is 189 g/mol. The predicted octanol–water partition coefficient (Wildman–Crippen LogP) is 3.37. The van der Waals surface area contributed by atoms with E-state index in [1.807, 2.05) is 6.92 Å². The van der Waals surface area contributed by atoms with Crippen molar-refractivity contribution in [3.05, 3.63) is 23.2 Å². The summed E-state index contributed by atoms with van der Waals surface area (Å²) in [6.07, 6.45) is 2.94. The van der Waals surface area contributed by atoms with Gasteiger partial charge in [-0.15, -0.1) is 11.6 Å². The molecule has 13 heavy (non-hydrogen) atoms. The lowest BCUT2D eigenvalue weighted by Gasteiger charge is -2.03. The van der Waals surface area contributed by atoms with Crippen LogP contribution >= 0.6 is 11.6 Å². The molecule has 0 aromatic rings. The molecule has 0 amide bonds. The monoisotopic (exact) mass is 205 g/mol. The number of hydrogen-bond acceptors (Lipinski definition) is 1. The Morgan fingerprint density at radius 1 is 1.54 bits per heavy atom. The molecular formula is C10H17ClFN. The van der Waals surface area contributed by atoms with Gasteiger partial charge in [-0.25, -0.2) is 4.39 Å². The summed E-state index contributed by atoms with van der Waals surface area (Å²) in [4.78, 5) is 0. The molecule has 0 aliphatic carbocycles. The lowest BCUT2D eigenvalue weighted by Crippen LogP contribution is -2.04. The summed E-state index contributed by atoms with van der Waals surface area (Å²) in [6, 6.07) is 0. The van der Waals surface area contributed by atoms with E-state index in [0.717, 1.165) is 12.1 Å². The van der Waals surface area contributed by atoms with Gasteiger partial charge in [0, 0.05) is 18.6 Å². The summed E-state index contributed by atoms with van der Waals surface area (Å²) >= 11 is 5.51. The number of alkyl halides is 1. The fourth-order valence-electron chi connectivity index (χ4n) is 0.888. The summed E-state index contributed by atoms with van der Waals surface area (Å²) in [5, 5.41) is 2.93. The minimum Gasteiger partial charge on any atom is -0.391 e. The maximum absolute atomic E-state index is 13.3. The van der Waals surface area contributed by atoms with Crippen LogP contribution in [0.1, 0.15) is 26.7 Å². The Balaban J connectivity index is 4.47. The molecule has 0 rings (SSSR count). The van der Waals surface area contributed by atoms with Gasteiger partial charge in [0.1, 0.15) is 5.83 Å². The first-order chi connectivity index (χ1) is 6.15. The summed E-state index contributed by atoms with van der Waals surface area (Å²) < 4.78 is 13.3. The minimum atomic E-state index is -0.174. The first-order valence-electron chi connectivity index (χ1n) is 4.45. The molecule has 0 saturated carbocycles. The third kappa shape index (κ3) is 4.94. The van der Waals surface area contributed by atoms with E-state index in [1.165, 1.54) is 6.08 Å². The maximum atomic E-state index is 13.3. The molecule has 1 N–H and O–H groups in total. The van der Waals surface area contributed by atoms with Gasteiger partial charge in [0.2, 0.25) is 0 Å². The molecule has 76 valence electrons. The van der Waals surface area contributed by atoms with Crippen LogP contribution in [-0.4, -0.2) is 12.9 Å². The normalized spacial score (nSPS) is 14.1. The molecule has 0 saturated heterocycles. The van der Waals surface area contributed by atoms with Crippen LogP contribution in [0.2, 0.25) is 0 Å². The van der Waals surface area contributed by atoms with Gasteiger partial charge >= 0.3 is 0 Å². The predicted molar refractivity (Wildman–Crippen MR) is 56.6 cm³/mol. The van der Waals surface area contributed by atoms with E-state index >= 15 is 0 Å². The molecule has 0 spiro atoms. The molecule has 0 aliphatic rings. The van der Waals surface area contributed by atoms with Crippen molar-refractivity contribution < 1.29 is 4.39 Å². The Labute approximate surface area is 84.7 Å². The van der Waals surface area contributed by atoms with Gasteiger partial charge in [-0.1, -0.05) is 6.92 Å². The Hall–Kier alpha value is -0.500. The van der Waals surface area contributed by atoms with Crippen molar-refractivity contribution in [2.75, 3.05) is 12.9 Å². The largest absolute Gasteiger partial charge is 0.391 e. The number of rotatable bonds is 5. The number of nitrogens with one attached hydrogen (secondary N) is 1. The third-order valence-corrected chi connectivity index (χ3v) is 2.07. The van der Waals surface area contributed by atoms with E-state index in [0.29, 0.717) is 17.9 Å². The second-order valence-electron chi connectivity index (χ2n) is 2.84. The van der Waals surface area contributed by atoms with Crippen LogP contribution in [0.5, 0.6) is 0 Å². The number of allylic oxidation sites excluding steroid dienone is 4. The quantitative estimate of drug-likeness (QED) is 0.536. The van der Waals surface area contributed by atoms with Crippen LogP contribution in [0, 0.1) is 0 Å². The molecule has 0 aromatic heterocycles. The molecule has 1 nitrogen and oxygen atoms in total. The van der Waals surface area contributed by atoms with Crippen LogP contribution in [-0.2, 0) is 0 Å². The standard InChI is InChI=1S/C10H17ClFN/c1-4-9(13-3)7-10(12)8(2)5-6-11/h7,13H,4-6H2,1-3H3/b9-7+,10-8+. The van der Waals surface area contributed by atoms with E-state index in [1.54, 1.807) is 14.0 Å². The topological polar surface area (TPSA) is 12.0 Å². The smallest absolute Gasteiger partial charge is 0.123 e. The molecule has 0 fully saturated rings. The highest BCUT2D eigenvalue weighted by atomic mass is 35.5. The van der Waals surface area contributed by atoms with Crippen molar-refractivity contribution in [2.24, 2.45) is 0 Å². The van der Waals surface area contributed by atoms with Crippen LogP contribution in [0.3, 0.4) is 0 Å². The second-order valence-corrected chi connectivity index (χ2v) is 3.22. The number of hydrogen-bond donors (Lipinski definition) is 1. The average Bonchev–Trinajstić information content (AvgIpc) is 2.14. The van der Waals surface area contributed by atoms with E-state index in [4.69, 9.17) is 11.6 Å². The Kier molecular flexibility index (Phi) is 6.69. The molecule has 3 heteroatoms. The maximum Gasteiger partial charge on any atom is 0.123 e. The molecule has 0 bridgehead atoms. The van der Waals surface area contributed by atoms with Crippen LogP contribution < -0.4 is 5.32 Å². The highest BCUT2D eigenvalue weighted by molar-refractivity contribution is 6.18. The van der Waals surface area contributed by atoms with Crippen molar-refractivity contribution in [3.63, 3.8) is 0 Å². The summed E-state index contributed by atoms with van der Waals surface area (Å²) in [5.41, 5.74) is 1.60. The zero-order chi connectivity index (χ0) is 10.3. The highest BCUT2D eigenvalue weighted by Gasteiger charge is 1.99. The zero-order valence-electron chi connectivity index (χ0n) is 8.45. The molecule has 0 radical (unpaired) electrons. The first-order valence-corrected chi connectivity index (χ1v) is 4.98. The zero-order valence-corrected chi connectivity index (χ0v) is 9.21. The van der Waals surface area contributed by atoms with Crippen LogP contribution in [0.15, 0.2) is 23.2 Å². The average molecular weight is 206 g/mol. The van der Waals surface area contributed by atoms with Crippen molar-refractivity contribution in [2.45, 2.75) is 26.7 Å². The lowest BCUT2D eigenvalue weighted by molar-refractivity contribution is 0.643. The van der Waals surface area contributed by atoms with E-state index in [-0.39, 0.29) is 5.83 Å². The number of halogens is 2. The van der Waals surface area contributed by atoms with Gasteiger partial charge in [0.05, 0.1) is 0 Å². The third-order valence-electron chi connectivity index (χ3n) is 1.88. The molecule has 0 unspecified atom stereocenters. The van der Waals surface area contributed by atoms with Gasteiger partial charge in [-0.2, -0.15) is 0 Å². The summed E-state index contributed by atoms with van der Waals surface area (Å²) in [6.45, 7) is 3.74. The molecule has 0 atom stereocenters. The van der Waals surface area contributed by atoms with E-state index < -0.39 is 0 Å². The lowest BCUT2D eigenvalue weighted by atomic mass is 10.2. The fourth-order valence-corrected chi connectivity index (χ4v) is 1.17. The van der Waals surface area contributed by atoms with Gasteiger partial charge in [0.15, 0.2) is 0 Å². The molecule has 0 heterocycles. The summed E-state index contributed by atoms with van der Waals surface area (Å²) in [5.74, 6) is 0.292. The van der Waals surface area contributed by atoms with Crippen LogP contribution in [0.4, 0.5) is 4.39 Å². The van der Waals surface area contributed by atoms with E-state index in [2.05, 4.69) is 5.32 Å².